The van der Waals surface area contributed by atoms with Crippen molar-refractivity contribution >= 4 is 11.8 Å². The lowest BCUT2D eigenvalue weighted by atomic mass is 10.0. The Morgan fingerprint density at radius 2 is 1.80 bits per heavy atom. The zero-order chi connectivity index (χ0) is 14.5. The van der Waals surface area contributed by atoms with Gasteiger partial charge in [0.2, 0.25) is 11.8 Å². The Morgan fingerprint density at radius 3 is 2.40 bits per heavy atom. The third-order valence-electron chi connectivity index (χ3n) is 4.09. The van der Waals surface area contributed by atoms with Gasteiger partial charge in [-0.2, -0.15) is 0 Å². The van der Waals surface area contributed by atoms with Crippen molar-refractivity contribution in [2.75, 3.05) is 45.9 Å². The first kappa shape index (κ1) is 15.3. The fraction of sp³-hybridized carbons (Fsp3) is 0.857. The van der Waals surface area contributed by atoms with Crippen LogP contribution in [-0.4, -0.2) is 73.6 Å². The first-order valence-electron chi connectivity index (χ1n) is 7.49. The number of nitrogens with one attached hydrogen (secondary N) is 1. The summed E-state index contributed by atoms with van der Waals surface area (Å²) in [7, 11) is 0. The summed E-state index contributed by atoms with van der Waals surface area (Å²) in [6, 6.07) is 0.133. The first-order chi connectivity index (χ1) is 9.63. The fourth-order valence-corrected chi connectivity index (χ4v) is 2.80. The van der Waals surface area contributed by atoms with Gasteiger partial charge < -0.3 is 19.9 Å². The van der Waals surface area contributed by atoms with Crippen LogP contribution in [0.25, 0.3) is 0 Å². The molecule has 2 fully saturated rings. The van der Waals surface area contributed by atoms with Crippen molar-refractivity contribution in [3.05, 3.63) is 0 Å². The Morgan fingerprint density at radius 1 is 1.15 bits per heavy atom. The van der Waals surface area contributed by atoms with E-state index in [0.29, 0.717) is 39.4 Å². The van der Waals surface area contributed by atoms with Gasteiger partial charge in [0.25, 0.3) is 0 Å². The normalized spacial score (nSPS) is 26.9. The van der Waals surface area contributed by atoms with Crippen LogP contribution < -0.4 is 5.32 Å². The summed E-state index contributed by atoms with van der Waals surface area (Å²) in [5, 5.41) is 3.39. The predicted molar refractivity (Wildman–Crippen MR) is 75.2 cm³/mol. The molecule has 2 saturated heterocycles. The summed E-state index contributed by atoms with van der Waals surface area (Å²) < 4.78 is 5.46. The highest BCUT2D eigenvalue weighted by Gasteiger charge is 2.37. The molecule has 20 heavy (non-hydrogen) atoms. The number of nitrogens with zero attached hydrogens (tertiary/aromatic N) is 2. The average Bonchev–Trinajstić information content (AvgIpc) is 2.92. The Labute approximate surface area is 120 Å². The molecule has 0 radical (unpaired) electrons. The molecule has 114 valence electrons. The molecular formula is C14H25N3O3. The second kappa shape index (κ2) is 7.04. The van der Waals surface area contributed by atoms with Crippen LogP contribution in [-0.2, 0) is 14.3 Å². The summed E-state index contributed by atoms with van der Waals surface area (Å²) >= 11 is 0. The largest absolute Gasteiger partial charge is 0.379 e. The fourth-order valence-electron chi connectivity index (χ4n) is 2.80. The molecule has 0 aromatic rings. The standard InChI is InChI=1S/C14H25N3O3/c1-3-4-15-13-10-20-9-12(13)14(19)17-7-5-16(6-8-17)11(2)18/h12-13,15H,3-10H2,1-2H3. The molecular weight excluding hydrogens is 258 g/mol. The summed E-state index contributed by atoms with van der Waals surface area (Å²) in [5.74, 6) is 0.175. The second-order valence-corrected chi connectivity index (χ2v) is 5.54. The lowest BCUT2D eigenvalue weighted by molar-refractivity contribution is -0.141. The van der Waals surface area contributed by atoms with Crippen LogP contribution in [0.1, 0.15) is 20.3 Å². The van der Waals surface area contributed by atoms with Gasteiger partial charge >= 0.3 is 0 Å². The lowest BCUT2D eigenvalue weighted by Gasteiger charge is -2.36. The number of hydrogen-bond acceptors (Lipinski definition) is 4. The molecule has 2 aliphatic heterocycles. The van der Waals surface area contributed by atoms with Crippen LogP contribution in [0.2, 0.25) is 0 Å². The van der Waals surface area contributed by atoms with E-state index in [4.69, 9.17) is 4.74 Å². The zero-order valence-electron chi connectivity index (χ0n) is 12.4. The molecule has 6 heteroatoms. The number of carbonyl (C=O) groups is 2. The molecule has 0 aliphatic carbocycles. The van der Waals surface area contributed by atoms with Gasteiger partial charge in [-0.15, -0.1) is 0 Å². The van der Waals surface area contributed by atoms with Gasteiger partial charge in [0.05, 0.1) is 19.1 Å². The van der Waals surface area contributed by atoms with Crippen molar-refractivity contribution in [3.8, 4) is 0 Å². The number of hydrogen-bond donors (Lipinski definition) is 1. The van der Waals surface area contributed by atoms with Crippen LogP contribution in [0.5, 0.6) is 0 Å². The van der Waals surface area contributed by atoms with Gasteiger partial charge in [-0.3, -0.25) is 9.59 Å². The molecule has 2 unspecified atom stereocenters. The van der Waals surface area contributed by atoms with Crippen LogP contribution in [0.4, 0.5) is 0 Å². The van der Waals surface area contributed by atoms with Gasteiger partial charge in [-0.1, -0.05) is 6.92 Å². The lowest BCUT2D eigenvalue weighted by Crippen LogP contribution is -2.54. The van der Waals surface area contributed by atoms with Gasteiger partial charge in [-0.25, -0.2) is 0 Å². The third-order valence-corrected chi connectivity index (χ3v) is 4.09. The molecule has 2 aliphatic rings. The highest BCUT2D eigenvalue weighted by atomic mass is 16.5. The molecule has 6 nitrogen and oxygen atoms in total. The van der Waals surface area contributed by atoms with Crippen molar-refractivity contribution in [2.45, 2.75) is 26.3 Å². The molecule has 1 N–H and O–H groups in total. The van der Waals surface area contributed by atoms with Gasteiger partial charge in [-0.05, 0) is 13.0 Å². The predicted octanol–water partition coefficient (Wildman–Crippen LogP) is -0.308. The van der Waals surface area contributed by atoms with Gasteiger partial charge in [0.1, 0.15) is 0 Å². The molecule has 0 bridgehead atoms. The SMILES string of the molecule is CCCNC1COCC1C(=O)N1CCN(C(C)=O)CC1. The maximum atomic E-state index is 12.6. The minimum Gasteiger partial charge on any atom is -0.379 e. The van der Waals surface area contributed by atoms with Crippen molar-refractivity contribution in [1.82, 2.24) is 15.1 Å². The number of ether oxygens (including phenoxy) is 1. The monoisotopic (exact) mass is 283 g/mol. The molecule has 0 saturated carbocycles. The quantitative estimate of drug-likeness (QED) is 0.769. The average molecular weight is 283 g/mol. The van der Waals surface area contributed by atoms with Crippen molar-refractivity contribution in [1.29, 1.82) is 0 Å². The van der Waals surface area contributed by atoms with E-state index < -0.39 is 0 Å². The molecule has 2 rings (SSSR count). The molecule has 2 heterocycles. The van der Waals surface area contributed by atoms with E-state index in [1.165, 1.54) is 0 Å². The summed E-state index contributed by atoms with van der Waals surface area (Å²) in [4.78, 5) is 27.5. The zero-order valence-corrected chi connectivity index (χ0v) is 12.4. The van der Waals surface area contributed by atoms with E-state index in [0.717, 1.165) is 13.0 Å². The van der Waals surface area contributed by atoms with E-state index in [1.54, 1.807) is 11.8 Å². The number of amides is 2. The van der Waals surface area contributed by atoms with Gasteiger partial charge in [0, 0.05) is 39.1 Å². The molecule has 2 amide bonds. The first-order valence-corrected chi connectivity index (χ1v) is 7.49. The highest BCUT2D eigenvalue weighted by Crippen LogP contribution is 2.18. The van der Waals surface area contributed by atoms with Crippen molar-refractivity contribution in [3.63, 3.8) is 0 Å². The number of piperazine rings is 1. The van der Waals surface area contributed by atoms with E-state index in [-0.39, 0.29) is 23.8 Å². The van der Waals surface area contributed by atoms with Crippen LogP contribution >= 0.6 is 0 Å². The van der Waals surface area contributed by atoms with E-state index in [1.807, 2.05) is 4.90 Å². The summed E-state index contributed by atoms with van der Waals surface area (Å²) in [6.07, 6.45) is 1.05. The number of rotatable bonds is 4. The minimum atomic E-state index is -0.0783. The third kappa shape index (κ3) is 3.49. The van der Waals surface area contributed by atoms with Crippen molar-refractivity contribution < 1.29 is 14.3 Å². The summed E-state index contributed by atoms with van der Waals surface area (Å²) in [6.45, 7) is 8.27. The molecule has 0 aromatic heterocycles. The van der Waals surface area contributed by atoms with E-state index in [2.05, 4.69) is 12.2 Å². The Bertz CT molecular complexity index is 354. The topological polar surface area (TPSA) is 61.9 Å². The van der Waals surface area contributed by atoms with Crippen LogP contribution in [0.15, 0.2) is 0 Å². The molecule has 2 atom stereocenters. The van der Waals surface area contributed by atoms with Crippen LogP contribution in [0, 0.1) is 5.92 Å². The van der Waals surface area contributed by atoms with Gasteiger partial charge in [0.15, 0.2) is 0 Å². The van der Waals surface area contributed by atoms with E-state index in [9.17, 15) is 9.59 Å². The second-order valence-electron chi connectivity index (χ2n) is 5.54. The Balaban J connectivity index is 1.86. The molecule has 0 aromatic carbocycles. The maximum absolute atomic E-state index is 12.6. The number of carbonyl (C=O) groups excluding carboxylic acids is 2. The van der Waals surface area contributed by atoms with Crippen molar-refractivity contribution in [2.24, 2.45) is 5.92 Å². The summed E-state index contributed by atoms with van der Waals surface area (Å²) in [5.41, 5.74) is 0. The Hall–Kier alpha value is -1.14. The Kier molecular flexibility index (Phi) is 5.37. The highest BCUT2D eigenvalue weighted by molar-refractivity contribution is 5.80. The maximum Gasteiger partial charge on any atom is 0.229 e. The smallest absolute Gasteiger partial charge is 0.229 e. The van der Waals surface area contributed by atoms with Crippen LogP contribution in [0.3, 0.4) is 0 Å². The minimum absolute atomic E-state index is 0.0783. The van der Waals surface area contributed by atoms with E-state index >= 15 is 0 Å². The molecule has 0 spiro atoms.